The summed E-state index contributed by atoms with van der Waals surface area (Å²) in [6.45, 7) is 1.41. The number of nitrogens with zero attached hydrogens (tertiary/aromatic N) is 3. The molecule has 3 aromatic rings. The summed E-state index contributed by atoms with van der Waals surface area (Å²) in [5, 5.41) is 8.19. The summed E-state index contributed by atoms with van der Waals surface area (Å²) in [5.74, 6) is 1.16. The van der Waals surface area contributed by atoms with Crippen LogP contribution in [0.3, 0.4) is 0 Å². The van der Waals surface area contributed by atoms with Crippen molar-refractivity contribution in [2.24, 2.45) is 0 Å². The van der Waals surface area contributed by atoms with Crippen molar-refractivity contribution in [2.45, 2.75) is 13.1 Å². The largest absolute Gasteiger partial charge is 0.419 e. The van der Waals surface area contributed by atoms with Gasteiger partial charge >= 0.3 is 0 Å². The molecular weight excluding hydrogens is 306 g/mol. The molecule has 21 heavy (non-hydrogen) atoms. The molecule has 0 N–H and O–H groups in total. The Labute approximate surface area is 132 Å². The third-order valence-electron chi connectivity index (χ3n) is 2.95. The van der Waals surface area contributed by atoms with Gasteiger partial charge in [0, 0.05) is 17.0 Å². The van der Waals surface area contributed by atoms with Crippen LogP contribution in [0.4, 0.5) is 0 Å². The highest BCUT2D eigenvalue weighted by molar-refractivity contribution is 7.16. The van der Waals surface area contributed by atoms with Gasteiger partial charge in [0.15, 0.2) is 0 Å². The molecule has 0 amide bonds. The van der Waals surface area contributed by atoms with E-state index in [2.05, 4.69) is 15.1 Å². The summed E-state index contributed by atoms with van der Waals surface area (Å²) >= 11 is 7.52. The Balaban J connectivity index is 1.64. The first kappa shape index (κ1) is 14.3. The molecule has 0 aliphatic heterocycles. The van der Waals surface area contributed by atoms with Crippen LogP contribution < -0.4 is 0 Å². The number of aromatic nitrogens is 2. The van der Waals surface area contributed by atoms with Crippen LogP contribution in [0.25, 0.3) is 11.5 Å². The molecule has 0 spiro atoms. The lowest BCUT2D eigenvalue weighted by atomic mass is 10.2. The molecule has 0 saturated carbocycles. The Bertz CT molecular complexity index is 711. The summed E-state index contributed by atoms with van der Waals surface area (Å²) in [6.07, 6.45) is 0. The average molecular weight is 320 g/mol. The molecule has 1 aromatic carbocycles. The molecule has 2 aromatic heterocycles. The molecule has 0 fully saturated rings. The Morgan fingerprint density at radius 2 is 1.90 bits per heavy atom. The lowest BCUT2D eigenvalue weighted by Gasteiger charge is -2.12. The Morgan fingerprint density at radius 1 is 1.10 bits per heavy atom. The maximum atomic E-state index is 5.93. The number of halogens is 1. The van der Waals surface area contributed by atoms with Gasteiger partial charge in [0.2, 0.25) is 11.8 Å². The van der Waals surface area contributed by atoms with Crippen LogP contribution in [0.5, 0.6) is 0 Å². The molecule has 3 rings (SSSR count). The van der Waals surface area contributed by atoms with Gasteiger partial charge in [-0.05, 0) is 31.3 Å². The SMILES string of the molecule is CN(Cc1nnc(-c2ccccc2)o1)Cc1ccc(Cl)s1. The Morgan fingerprint density at radius 3 is 2.62 bits per heavy atom. The fourth-order valence-electron chi connectivity index (χ4n) is 2.00. The van der Waals surface area contributed by atoms with Crippen LogP contribution in [0.15, 0.2) is 46.9 Å². The van der Waals surface area contributed by atoms with Crippen LogP contribution in [-0.2, 0) is 13.1 Å². The minimum Gasteiger partial charge on any atom is -0.419 e. The van der Waals surface area contributed by atoms with E-state index in [1.807, 2.05) is 49.5 Å². The third kappa shape index (κ3) is 3.69. The zero-order valence-electron chi connectivity index (χ0n) is 11.5. The standard InChI is InChI=1S/C15H14ClN3OS/c1-19(9-12-7-8-13(16)21-12)10-14-17-18-15(20-14)11-5-3-2-4-6-11/h2-8H,9-10H2,1H3. The average Bonchev–Trinajstić information content (AvgIpc) is 3.09. The molecule has 108 valence electrons. The van der Waals surface area contributed by atoms with Gasteiger partial charge in [0.05, 0.1) is 10.9 Å². The number of rotatable bonds is 5. The topological polar surface area (TPSA) is 42.2 Å². The number of thiophene rings is 1. The first-order valence-corrected chi connectivity index (χ1v) is 7.71. The van der Waals surface area contributed by atoms with E-state index in [4.69, 9.17) is 16.0 Å². The predicted octanol–water partition coefficient (Wildman–Crippen LogP) is 4.08. The fourth-order valence-corrected chi connectivity index (χ4v) is 3.17. The Hall–Kier alpha value is -1.69. The first-order chi connectivity index (χ1) is 10.2. The van der Waals surface area contributed by atoms with Crippen LogP contribution in [0, 0.1) is 0 Å². The van der Waals surface area contributed by atoms with Crippen molar-refractivity contribution < 1.29 is 4.42 Å². The smallest absolute Gasteiger partial charge is 0.247 e. The van der Waals surface area contributed by atoms with Gasteiger partial charge in [-0.3, -0.25) is 4.90 Å². The zero-order chi connectivity index (χ0) is 14.7. The highest BCUT2D eigenvalue weighted by Gasteiger charge is 2.11. The monoisotopic (exact) mass is 319 g/mol. The molecule has 0 atom stereocenters. The van der Waals surface area contributed by atoms with Crippen molar-refractivity contribution >= 4 is 22.9 Å². The highest BCUT2D eigenvalue weighted by Crippen LogP contribution is 2.23. The van der Waals surface area contributed by atoms with Crippen molar-refractivity contribution in [1.82, 2.24) is 15.1 Å². The summed E-state index contributed by atoms with van der Waals surface area (Å²) in [5.41, 5.74) is 0.934. The second kappa shape index (κ2) is 6.39. The second-order valence-corrected chi connectivity index (χ2v) is 6.54. The molecule has 0 aliphatic rings. The van der Waals surface area contributed by atoms with Crippen molar-refractivity contribution in [2.75, 3.05) is 7.05 Å². The van der Waals surface area contributed by atoms with Crippen molar-refractivity contribution in [1.29, 1.82) is 0 Å². The second-order valence-electron chi connectivity index (χ2n) is 4.75. The molecule has 0 radical (unpaired) electrons. The fraction of sp³-hybridized carbons (Fsp3) is 0.200. The normalized spacial score (nSPS) is 11.2. The van der Waals surface area contributed by atoms with Crippen LogP contribution in [-0.4, -0.2) is 22.1 Å². The minimum absolute atomic E-state index is 0.554. The van der Waals surface area contributed by atoms with Gasteiger partial charge < -0.3 is 4.42 Å². The molecule has 0 bridgehead atoms. The summed E-state index contributed by atoms with van der Waals surface area (Å²) in [6, 6.07) is 13.7. The van der Waals surface area contributed by atoms with E-state index in [-0.39, 0.29) is 0 Å². The van der Waals surface area contributed by atoms with E-state index >= 15 is 0 Å². The van der Waals surface area contributed by atoms with Crippen molar-refractivity contribution in [3.8, 4) is 11.5 Å². The number of hydrogen-bond donors (Lipinski definition) is 0. The molecule has 6 heteroatoms. The lowest BCUT2D eigenvalue weighted by Crippen LogP contribution is -2.16. The first-order valence-electron chi connectivity index (χ1n) is 6.51. The van der Waals surface area contributed by atoms with Gasteiger partial charge in [0.1, 0.15) is 0 Å². The quantitative estimate of drug-likeness (QED) is 0.710. The molecule has 0 saturated heterocycles. The van der Waals surface area contributed by atoms with Crippen LogP contribution in [0.2, 0.25) is 4.34 Å². The molecular formula is C15H14ClN3OS. The third-order valence-corrected chi connectivity index (χ3v) is 4.16. The number of benzene rings is 1. The molecule has 4 nitrogen and oxygen atoms in total. The summed E-state index contributed by atoms with van der Waals surface area (Å²) in [4.78, 5) is 3.33. The molecule has 0 unspecified atom stereocenters. The van der Waals surface area contributed by atoms with Gasteiger partial charge in [-0.1, -0.05) is 29.8 Å². The van der Waals surface area contributed by atoms with Crippen molar-refractivity contribution in [3.63, 3.8) is 0 Å². The summed E-state index contributed by atoms with van der Waals surface area (Å²) < 4.78 is 6.50. The lowest BCUT2D eigenvalue weighted by molar-refractivity contribution is 0.285. The Kier molecular flexibility index (Phi) is 4.34. The maximum Gasteiger partial charge on any atom is 0.247 e. The van der Waals surface area contributed by atoms with Crippen LogP contribution >= 0.6 is 22.9 Å². The van der Waals surface area contributed by atoms with E-state index in [9.17, 15) is 0 Å². The van der Waals surface area contributed by atoms with E-state index < -0.39 is 0 Å². The van der Waals surface area contributed by atoms with Crippen molar-refractivity contribution in [3.05, 3.63) is 57.6 Å². The van der Waals surface area contributed by atoms with Gasteiger partial charge in [0.25, 0.3) is 0 Å². The molecule has 2 heterocycles. The summed E-state index contributed by atoms with van der Waals surface area (Å²) in [7, 11) is 2.01. The van der Waals surface area contributed by atoms with Crippen LogP contribution in [0.1, 0.15) is 10.8 Å². The number of hydrogen-bond acceptors (Lipinski definition) is 5. The maximum absolute atomic E-state index is 5.93. The molecule has 0 aliphatic carbocycles. The van der Waals surface area contributed by atoms with Gasteiger partial charge in [-0.25, -0.2) is 0 Å². The van der Waals surface area contributed by atoms with Gasteiger partial charge in [-0.15, -0.1) is 21.5 Å². The van der Waals surface area contributed by atoms with Gasteiger partial charge in [-0.2, -0.15) is 0 Å². The van der Waals surface area contributed by atoms with E-state index in [1.165, 1.54) is 4.88 Å². The van der Waals surface area contributed by atoms with E-state index in [0.717, 1.165) is 16.4 Å². The van der Waals surface area contributed by atoms with E-state index in [1.54, 1.807) is 11.3 Å². The predicted molar refractivity (Wildman–Crippen MR) is 84.2 cm³/mol. The zero-order valence-corrected chi connectivity index (χ0v) is 13.1. The van der Waals surface area contributed by atoms with E-state index in [0.29, 0.717) is 18.3 Å². The minimum atomic E-state index is 0.554. The highest BCUT2D eigenvalue weighted by atomic mass is 35.5.